The summed E-state index contributed by atoms with van der Waals surface area (Å²) >= 11 is 6.08. The number of carbonyl (C=O) groups excluding carboxylic acids is 2. The van der Waals surface area contributed by atoms with Gasteiger partial charge in [-0.3, -0.25) is 13.9 Å². The molecule has 0 aromatic heterocycles. The van der Waals surface area contributed by atoms with Crippen molar-refractivity contribution in [3.63, 3.8) is 0 Å². The van der Waals surface area contributed by atoms with Gasteiger partial charge in [-0.25, -0.2) is 8.42 Å². The molecule has 0 fully saturated rings. The van der Waals surface area contributed by atoms with Crippen LogP contribution in [0.5, 0.6) is 5.75 Å². The maximum atomic E-state index is 13.5. The van der Waals surface area contributed by atoms with Crippen molar-refractivity contribution < 1.29 is 35.9 Å². The fourth-order valence-electron chi connectivity index (χ4n) is 3.44. The summed E-state index contributed by atoms with van der Waals surface area (Å²) in [7, 11) is -2.77. The monoisotopic (exact) mass is 577 g/mol. The quantitative estimate of drug-likeness (QED) is 0.429. The molecule has 0 radical (unpaired) electrons. The molecule has 1 unspecified atom stereocenters. The molecule has 2 amide bonds. The zero-order valence-corrected chi connectivity index (χ0v) is 23.2. The lowest BCUT2D eigenvalue weighted by Crippen LogP contribution is -2.51. The van der Waals surface area contributed by atoms with Crippen molar-refractivity contribution in [1.29, 1.82) is 0 Å². The van der Waals surface area contributed by atoms with Crippen LogP contribution >= 0.6 is 11.6 Å². The van der Waals surface area contributed by atoms with Crippen LogP contribution in [0.2, 0.25) is 5.02 Å². The molecule has 0 saturated carbocycles. The van der Waals surface area contributed by atoms with Crippen LogP contribution in [0.1, 0.15) is 31.9 Å². The van der Waals surface area contributed by atoms with E-state index in [-0.39, 0.29) is 17.5 Å². The van der Waals surface area contributed by atoms with E-state index in [1.807, 2.05) is 13.8 Å². The fraction of sp³-hybridized carbons (Fsp3) is 0.440. The molecule has 8 nitrogen and oxygen atoms in total. The molecule has 0 heterocycles. The minimum atomic E-state index is -4.77. The molecule has 1 N–H and O–H groups in total. The number of ether oxygens (including phenoxy) is 1. The summed E-state index contributed by atoms with van der Waals surface area (Å²) in [6, 6.07) is 7.85. The lowest BCUT2D eigenvalue weighted by molar-refractivity contribution is -0.139. The molecule has 0 bridgehead atoms. The van der Waals surface area contributed by atoms with Gasteiger partial charge in [-0.1, -0.05) is 37.6 Å². The van der Waals surface area contributed by atoms with E-state index in [4.69, 9.17) is 16.3 Å². The number of hydrogen-bond donors (Lipinski definition) is 1. The van der Waals surface area contributed by atoms with Crippen LogP contribution in [0, 0.1) is 5.92 Å². The van der Waals surface area contributed by atoms with Crippen molar-refractivity contribution in [1.82, 2.24) is 10.2 Å². The molecule has 2 rings (SSSR count). The highest BCUT2D eigenvalue weighted by atomic mass is 35.5. The van der Waals surface area contributed by atoms with Crippen LogP contribution in [-0.2, 0) is 32.3 Å². The highest BCUT2D eigenvalue weighted by Crippen LogP contribution is 2.36. The van der Waals surface area contributed by atoms with Gasteiger partial charge in [0.2, 0.25) is 21.8 Å². The van der Waals surface area contributed by atoms with E-state index in [1.54, 1.807) is 24.3 Å². The molecule has 0 aliphatic rings. The molecule has 13 heteroatoms. The van der Waals surface area contributed by atoms with Gasteiger partial charge in [0.05, 0.1) is 29.6 Å². The number of sulfonamides is 1. The van der Waals surface area contributed by atoms with E-state index in [9.17, 15) is 31.2 Å². The van der Waals surface area contributed by atoms with Crippen molar-refractivity contribution >= 4 is 39.1 Å². The van der Waals surface area contributed by atoms with E-state index in [2.05, 4.69) is 5.32 Å². The summed E-state index contributed by atoms with van der Waals surface area (Å²) in [5, 5.41) is 2.45. The van der Waals surface area contributed by atoms with Crippen LogP contribution < -0.4 is 14.4 Å². The third-order valence-corrected chi connectivity index (χ3v) is 7.03. The number of carbonyl (C=O) groups is 2. The maximum absolute atomic E-state index is 13.5. The fourth-order valence-corrected chi connectivity index (χ4v) is 4.56. The summed E-state index contributed by atoms with van der Waals surface area (Å²) in [6.07, 6.45) is -4.01. The Morgan fingerprint density at radius 2 is 1.68 bits per heavy atom. The van der Waals surface area contributed by atoms with Gasteiger partial charge in [0.15, 0.2) is 0 Å². The van der Waals surface area contributed by atoms with Crippen LogP contribution in [0.15, 0.2) is 42.5 Å². The zero-order valence-electron chi connectivity index (χ0n) is 21.7. The maximum Gasteiger partial charge on any atom is 0.416 e. The number of alkyl halides is 3. The van der Waals surface area contributed by atoms with Gasteiger partial charge in [-0.15, -0.1) is 0 Å². The van der Waals surface area contributed by atoms with Gasteiger partial charge in [-0.2, -0.15) is 13.2 Å². The topological polar surface area (TPSA) is 96.0 Å². The Balaban J connectivity index is 2.47. The average molecular weight is 578 g/mol. The molecule has 2 aromatic rings. The van der Waals surface area contributed by atoms with Gasteiger partial charge in [-0.05, 0) is 48.7 Å². The van der Waals surface area contributed by atoms with Crippen molar-refractivity contribution in [3.05, 3.63) is 58.6 Å². The molecule has 210 valence electrons. The average Bonchev–Trinajstić information content (AvgIpc) is 2.83. The van der Waals surface area contributed by atoms with Crippen molar-refractivity contribution in [2.75, 3.05) is 30.8 Å². The molecule has 0 aliphatic heterocycles. The molecule has 0 spiro atoms. The Morgan fingerprint density at radius 3 is 2.18 bits per heavy atom. The standard InChI is InChI=1S/C25H31ClF3N3O5S/c1-16(2)13-30-24(34)17(3)31(14-18-6-9-20(37-4)10-7-18)23(33)15-32(38(5,35)36)22-12-19(25(27,28)29)8-11-21(22)26/h6-12,16-17H,13-15H2,1-5H3,(H,30,34). The first-order valence-electron chi connectivity index (χ1n) is 11.6. The summed E-state index contributed by atoms with van der Waals surface area (Å²) in [6.45, 7) is 4.68. The smallest absolute Gasteiger partial charge is 0.416 e. The van der Waals surface area contributed by atoms with Crippen LogP contribution in [-0.4, -0.2) is 57.6 Å². The number of halogens is 4. The number of nitrogens with one attached hydrogen (secondary N) is 1. The van der Waals surface area contributed by atoms with Gasteiger partial charge >= 0.3 is 6.18 Å². The molecule has 0 saturated heterocycles. The van der Waals surface area contributed by atoms with Gasteiger partial charge in [0.1, 0.15) is 18.3 Å². The number of anilines is 1. The van der Waals surface area contributed by atoms with Crippen LogP contribution in [0.3, 0.4) is 0 Å². The van der Waals surface area contributed by atoms with E-state index in [0.717, 1.165) is 17.2 Å². The molecule has 0 aliphatic carbocycles. The molecular formula is C25H31ClF3N3O5S. The van der Waals surface area contributed by atoms with Crippen LogP contribution in [0.4, 0.5) is 18.9 Å². The first-order valence-corrected chi connectivity index (χ1v) is 13.8. The largest absolute Gasteiger partial charge is 0.497 e. The summed E-state index contributed by atoms with van der Waals surface area (Å²) < 4.78 is 70.9. The Morgan fingerprint density at radius 1 is 1.08 bits per heavy atom. The predicted octanol–water partition coefficient (Wildman–Crippen LogP) is 4.32. The van der Waals surface area contributed by atoms with Gasteiger partial charge in [0, 0.05) is 13.1 Å². The minimum absolute atomic E-state index is 0.0764. The first-order chi connectivity index (χ1) is 17.5. The predicted molar refractivity (Wildman–Crippen MR) is 139 cm³/mol. The number of methoxy groups -OCH3 is 1. The number of benzene rings is 2. The first kappa shape index (κ1) is 31.2. The van der Waals surface area contributed by atoms with E-state index in [0.29, 0.717) is 34.3 Å². The highest BCUT2D eigenvalue weighted by molar-refractivity contribution is 7.92. The lowest BCUT2D eigenvalue weighted by atomic mass is 10.1. The second-order valence-corrected chi connectivity index (χ2v) is 11.4. The summed E-state index contributed by atoms with van der Waals surface area (Å²) in [4.78, 5) is 27.5. The second kappa shape index (κ2) is 12.7. The molecule has 38 heavy (non-hydrogen) atoms. The molecular weight excluding hydrogens is 547 g/mol. The minimum Gasteiger partial charge on any atom is -0.497 e. The Kier molecular flexibility index (Phi) is 10.4. The van der Waals surface area contributed by atoms with Crippen molar-refractivity contribution in [2.45, 2.75) is 39.5 Å². The molecule has 2 aromatic carbocycles. The third kappa shape index (κ3) is 8.52. The van der Waals surface area contributed by atoms with Crippen molar-refractivity contribution in [2.24, 2.45) is 5.92 Å². The number of hydrogen-bond acceptors (Lipinski definition) is 5. The second-order valence-electron chi connectivity index (χ2n) is 9.12. The SMILES string of the molecule is COc1ccc(CN(C(=O)CN(c2cc(C(F)(F)F)ccc2Cl)S(C)(=O)=O)C(C)C(=O)NCC(C)C)cc1. The van der Waals surface area contributed by atoms with Crippen molar-refractivity contribution in [3.8, 4) is 5.75 Å². The summed E-state index contributed by atoms with van der Waals surface area (Å²) in [5.74, 6) is -0.576. The number of rotatable bonds is 11. The van der Waals surface area contributed by atoms with E-state index in [1.165, 1.54) is 14.0 Å². The van der Waals surface area contributed by atoms with Gasteiger partial charge in [0.25, 0.3) is 0 Å². The normalized spacial score (nSPS) is 12.7. The highest BCUT2D eigenvalue weighted by Gasteiger charge is 2.34. The number of amides is 2. The third-order valence-electron chi connectivity index (χ3n) is 5.59. The Hall–Kier alpha value is -2.99. The Labute approximate surface area is 225 Å². The molecule has 1 atom stereocenters. The summed E-state index contributed by atoms with van der Waals surface area (Å²) in [5.41, 5.74) is -1.01. The van der Waals surface area contributed by atoms with E-state index >= 15 is 0 Å². The Bertz CT molecular complexity index is 1240. The lowest BCUT2D eigenvalue weighted by Gasteiger charge is -2.32. The number of nitrogens with zero attached hydrogens (tertiary/aromatic N) is 2. The van der Waals surface area contributed by atoms with Crippen LogP contribution in [0.25, 0.3) is 0 Å². The van der Waals surface area contributed by atoms with E-state index < -0.39 is 51.9 Å². The van der Waals surface area contributed by atoms with Gasteiger partial charge < -0.3 is 15.0 Å². The zero-order chi connectivity index (χ0) is 28.8.